The van der Waals surface area contributed by atoms with Gasteiger partial charge < -0.3 is 10.6 Å². The van der Waals surface area contributed by atoms with Crippen LogP contribution in [0, 0.1) is 16.7 Å². The van der Waals surface area contributed by atoms with Gasteiger partial charge in [0.05, 0.1) is 39.5 Å². The molecule has 6 rings (SSSR count). The molecule has 3 heterocycles. The molecule has 42 heavy (non-hydrogen) atoms. The second kappa shape index (κ2) is 10.2. The lowest BCUT2D eigenvalue weighted by molar-refractivity contribution is 0.0593. The van der Waals surface area contributed by atoms with Gasteiger partial charge in [-0.1, -0.05) is 49.7 Å². The molecule has 1 aliphatic carbocycles. The molecular weight excluding hydrogens is 560 g/mol. The largest absolute Gasteiger partial charge is 0.383 e. The van der Waals surface area contributed by atoms with Crippen molar-refractivity contribution in [3.05, 3.63) is 70.8 Å². The Balaban J connectivity index is 1.48. The second-order valence-electron chi connectivity index (χ2n) is 12.1. The molecule has 9 nitrogen and oxygen atoms in total. The van der Waals surface area contributed by atoms with Crippen LogP contribution in [-0.2, 0) is 12.6 Å². The molecule has 0 radical (unpaired) electrons. The summed E-state index contributed by atoms with van der Waals surface area (Å²) in [5.41, 5.74) is 3.00. The SMILES string of the molecule is Cn1cc2c(C(Nc3cc(Cl)c4ncc(C#N)c(NCC(C)(C)C)c4c3)c3cn(C4(C(F)F)CC4)nn3)cccc2n1. The number of rotatable bonds is 8. The highest BCUT2D eigenvalue weighted by Crippen LogP contribution is 2.48. The monoisotopic (exact) mass is 589 g/mol. The standard InChI is InChI=1S/C30H30ClF2N9/c1-29(2,3)16-36-25-17(12-34)13-35-26-20(25)10-18(11-22(26)31)37-27(19-6-5-7-23-21(19)14-41(4)39-23)24-15-42(40-38-24)30(8-9-30)28(32)33/h5-7,10-11,13-15,27-28,37H,8-9,16H2,1-4H3,(H,35,36). The number of pyridine rings is 1. The molecule has 216 valence electrons. The molecule has 1 unspecified atom stereocenters. The lowest BCUT2D eigenvalue weighted by Crippen LogP contribution is -2.26. The lowest BCUT2D eigenvalue weighted by Gasteiger charge is -2.22. The van der Waals surface area contributed by atoms with Gasteiger partial charge >= 0.3 is 0 Å². The van der Waals surface area contributed by atoms with Gasteiger partial charge in [-0.2, -0.15) is 10.4 Å². The number of nitrogens with zero attached hydrogens (tertiary/aromatic N) is 7. The fourth-order valence-corrected chi connectivity index (χ4v) is 5.46. The molecule has 0 aliphatic heterocycles. The van der Waals surface area contributed by atoms with Crippen molar-refractivity contribution in [3.63, 3.8) is 0 Å². The van der Waals surface area contributed by atoms with E-state index >= 15 is 0 Å². The Labute approximate surface area is 246 Å². The Bertz CT molecular complexity index is 1840. The third-order valence-corrected chi connectivity index (χ3v) is 7.88. The highest BCUT2D eigenvalue weighted by atomic mass is 35.5. The van der Waals surface area contributed by atoms with Crippen molar-refractivity contribution in [2.75, 3.05) is 17.2 Å². The maximum Gasteiger partial charge on any atom is 0.263 e. The topological polar surface area (TPSA) is 109 Å². The van der Waals surface area contributed by atoms with Crippen LogP contribution in [0.4, 0.5) is 20.2 Å². The second-order valence-corrected chi connectivity index (χ2v) is 12.5. The van der Waals surface area contributed by atoms with Gasteiger partial charge in [0, 0.05) is 42.4 Å². The van der Waals surface area contributed by atoms with Crippen LogP contribution in [0.25, 0.3) is 21.8 Å². The summed E-state index contributed by atoms with van der Waals surface area (Å²) in [4.78, 5) is 4.46. The average Bonchev–Trinajstić information content (AvgIpc) is 3.44. The third-order valence-electron chi connectivity index (χ3n) is 7.59. The van der Waals surface area contributed by atoms with E-state index < -0.39 is 18.0 Å². The van der Waals surface area contributed by atoms with Gasteiger partial charge in [0.25, 0.3) is 6.43 Å². The van der Waals surface area contributed by atoms with Crippen LogP contribution in [-0.4, -0.2) is 42.7 Å². The molecule has 0 bridgehead atoms. The van der Waals surface area contributed by atoms with Gasteiger partial charge in [-0.3, -0.25) is 9.67 Å². The van der Waals surface area contributed by atoms with Gasteiger partial charge in [0.2, 0.25) is 0 Å². The van der Waals surface area contributed by atoms with Crippen LogP contribution >= 0.6 is 11.6 Å². The number of nitrogens with one attached hydrogen (secondary N) is 2. The van der Waals surface area contributed by atoms with Crippen molar-refractivity contribution in [1.29, 1.82) is 5.26 Å². The predicted molar refractivity (Wildman–Crippen MR) is 159 cm³/mol. The van der Waals surface area contributed by atoms with Crippen molar-refractivity contribution in [3.8, 4) is 6.07 Å². The Morgan fingerprint density at radius 1 is 1.17 bits per heavy atom. The molecule has 1 atom stereocenters. The van der Waals surface area contributed by atoms with Crippen molar-refractivity contribution < 1.29 is 8.78 Å². The number of anilines is 2. The van der Waals surface area contributed by atoms with Gasteiger partial charge in [0.15, 0.2) is 0 Å². The Kier molecular flexibility index (Phi) is 6.77. The van der Waals surface area contributed by atoms with E-state index in [9.17, 15) is 14.0 Å². The zero-order valence-electron chi connectivity index (χ0n) is 23.7. The lowest BCUT2D eigenvalue weighted by atomic mass is 9.96. The van der Waals surface area contributed by atoms with Gasteiger partial charge in [-0.25, -0.2) is 13.5 Å². The summed E-state index contributed by atoms with van der Waals surface area (Å²) in [7, 11) is 1.84. The van der Waals surface area contributed by atoms with Crippen molar-refractivity contribution >= 4 is 44.8 Å². The fraction of sp³-hybridized carbons (Fsp3) is 0.367. The van der Waals surface area contributed by atoms with E-state index in [4.69, 9.17) is 11.6 Å². The number of alkyl halides is 2. The highest BCUT2D eigenvalue weighted by Gasteiger charge is 2.54. The first kappa shape index (κ1) is 27.8. The minimum Gasteiger partial charge on any atom is -0.383 e. The summed E-state index contributed by atoms with van der Waals surface area (Å²) in [5, 5.41) is 31.8. The zero-order chi connectivity index (χ0) is 29.8. The highest BCUT2D eigenvalue weighted by molar-refractivity contribution is 6.35. The predicted octanol–water partition coefficient (Wildman–Crippen LogP) is 6.65. The van der Waals surface area contributed by atoms with Crippen LogP contribution < -0.4 is 10.6 Å². The molecule has 12 heteroatoms. The maximum absolute atomic E-state index is 13.9. The minimum absolute atomic E-state index is 0.0432. The Hall–Kier alpha value is -4.30. The normalized spacial score (nSPS) is 15.2. The number of halogens is 3. The Morgan fingerprint density at radius 2 is 1.95 bits per heavy atom. The molecule has 3 aromatic heterocycles. The first-order valence-corrected chi connectivity index (χ1v) is 14.0. The quantitative estimate of drug-likeness (QED) is 0.208. The summed E-state index contributed by atoms with van der Waals surface area (Å²) in [5.74, 6) is 0. The maximum atomic E-state index is 13.9. The van der Waals surface area contributed by atoms with E-state index in [-0.39, 0.29) is 5.41 Å². The fourth-order valence-electron chi connectivity index (χ4n) is 5.19. The molecule has 0 saturated heterocycles. The smallest absolute Gasteiger partial charge is 0.263 e. The number of benzene rings is 2. The van der Waals surface area contributed by atoms with E-state index in [1.807, 2.05) is 37.5 Å². The van der Waals surface area contributed by atoms with Crippen LogP contribution in [0.3, 0.4) is 0 Å². The van der Waals surface area contributed by atoms with Crippen molar-refractivity contribution in [2.24, 2.45) is 12.5 Å². The zero-order valence-corrected chi connectivity index (χ0v) is 24.4. The average molecular weight is 590 g/mol. The minimum atomic E-state index is -2.54. The van der Waals surface area contributed by atoms with E-state index in [1.54, 1.807) is 16.9 Å². The van der Waals surface area contributed by atoms with E-state index in [1.165, 1.54) is 10.9 Å². The molecule has 5 aromatic rings. The molecule has 0 spiro atoms. The van der Waals surface area contributed by atoms with Gasteiger partial charge in [-0.05, 0) is 42.0 Å². The van der Waals surface area contributed by atoms with E-state index in [0.29, 0.717) is 57.9 Å². The summed E-state index contributed by atoms with van der Waals surface area (Å²) >= 11 is 6.76. The Morgan fingerprint density at radius 3 is 2.64 bits per heavy atom. The van der Waals surface area contributed by atoms with Gasteiger partial charge in [-0.15, -0.1) is 5.10 Å². The first-order valence-electron chi connectivity index (χ1n) is 13.6. The number of hydrogen-bond acceptors (Lipinski definition) is 7. The number of aromatic nitrogens is 6. The van der Waals surface area contributed by atoms with E-state index in [0.717, 1.165) is 16.5 Å². The van der Waals surface area contributed by atoms with Crippen molar-refractivity contribution in [2.45, 2.75) is 51.6 Å². The number of fused-ring (bicyclic) bond motifs is 2. The van der Waals surface area contributed by atoms with Crippen LogP contribution in [0.2, 0.25) is 5.02 Å². The van der Waals surface area contributed by atoms with Crippen LogP contribution in [0.1, 0.15) is 56.5 Å². The van der Waals surface area contributed by atoms with Crippen molar-refractivity contribution in [1.82, 2.24) is 29.8 Å². The summed E-state index contributed by atoms with van der Waals surface area (Å²) in [6, 6.07) is 11.1. The molecule has 1 fully saturated rings. The third kappa shape index (κ3) is 5.00. The number of hydrogen-bond donors (Lipinski definition) is 2. The van der Waals surface area contributed by atoms with Crippen LogP contribution in [0.15, 0.2) is 48.9 Å². The summed E-state index contributed by atoms with van der Waals surface area (Å²) in [6.07, 6.45) is 3.19. The molecule has 0 amide bonds. The molecule has 2 aromatic carbocycles. The molecule has 2 N–H and O–H groups in total. The number of nitriles is 1. The summed E-state index contributed by atoms with van der Waals surface area (Å²) in [6.45, 7) is 6.93. The number of aryl methyl sites for hydroxylation is 1. The van der Waals surface area contributed by atoms with Gasteiger partial charge in [0.1, 0.15) is 17.3 Å². The first-order chi connectivity index (χ1) is 20.0. The van der Waals surface area contributed by atoms with Crippen LogP contribution in [0.5, 0.6) is 0 Å². The molecule has 1 aliphatic rings. The summed E-state index contributed by atoms with van der Waals surface area (Å²) < 4.78 is 30.9. The van der Waals surface area contributed by atoms with E-state index in [2.05, 4.69) is 57.9 Å². The molecular formula is C30H30ClF2N9. The molecule has 1 saturated carbocycles.